The summed E-state index contributed by atoms with van der Waals surface area (Å²) in [6.45, 7) is 0. The van der Waals surface area contributed by atoms with E-state index in [0.717, 1.165) is 5.56 Å². The summed E-state index contributed by atoms with van der Waals surface area (Å²) in [6.07, 6.45) is -0.154. The predicted octanol–water partition coefficient (Wildman–Crippen LogP) is 3.38. The molecule has 0 saturated carbocycles. The number of hydrogen-bond donors (Lipinski definition) is 1. The van der Waals surface area contributed by atoms with Crippen LogP contribution in [0.4, 0.5) is 4.39 Å². The van der Waals surface area contributed by atoms with Gasteiger partial charge in [-0.2, -0.15) is 5.10 Å². The number of hydrogen-bond acceptors (Lipinski definition) is 4. The molecule has 3 rings (SSSR count). The van der Waals surface area contributed by atoms with Gasteiger partial charge in [-0.3, -0.25) is 9.59 Å². The van der Waals surface area contributed by atoms with Gasteiger partial charge in [-0.1, -0.05) is 18.2 Å². The van der Waals surface area contributed by atoms with Crippen LogP contribution in [0.3, 0.4) is 0 Å². The molecule has 1 heterocycles. The Balaban J connectivity index is 1.91. The number of rotatable bonds is 6. The highest BCUT2D eigenvalue weighted by molar-refractivity contribution is 6.03. The minimum atomic E-state index is -1.07. The third-order valence-corrected chi connectivity index (χ3v) is 4.41. The van der Waals surface area contributed by atoms with Crippen molar-refractivity contribution in [1.82, 2.24) is 5.01 Å². The fourth-order valence-electron chi connectivity index (χ4n) is 3.01. The van der Waals surface area contributed by atoms with Gasteiger partial charge in [-0.25, -0.2) is 9.40 Å². The standard InChI is InChI=1S/C20H19FN2O4/c1-27-14-8-6-13(7-9-14)17-12-18(15-4-2-3-5-16(15)21)23(22-17)19(24)10-11-20(25)26/h2-9,18H,10-12H2,1H3,(H,25,26)/t18-/m1/s1. The Labute approximate surface area is 155 Å². The van der Waals surface area contributed by atoms with Crippen LogP contribution in [0.1, 0.15) is 36.4 Å². The van der Waals surface area contributed by atoms with Crippen LogP contribution >= 0.6 is 0 Å². The zero-order chi connectivity index (χ0) is 19.4. The molecular formula is C20H19FN2O4. The first-order chi connectivity index (χ1) is 13.0. The molecule has 1 N–H and O–H groups in total. The number of amides is 1. The van der Waals surface area contributed by atoms with Crippen LogP contribution in [0.2, 0.25) is 0 Å². The number of nitrogens with zero attached hydrogens (tertiary/aromatic N) is 2. The van der Waals surface area contributed by atoms with Crippen LogP contribution in [0.25, 0.3) is 0 Å². The number of carboxylic acid groups (broad SMARTS) is 1. The largest absolute Gasteiger partial charge is 0.497 e. The third-order valence-electron chi connectivity index (χ3n) is 4.41. The first-order valence-electron chi connectivity index (χ1n) is 8.49. The number of carbonyl (C=O) groups excluding carboxylic acids is 1. The lowest BCUT2D eigenvalue weighted by molar-refractivity contribution is -0.141. The van der Waals surface area contributed by atoms with Crippen molar-refractivity contribution >= 4 is 17.6 Å². The summed E-state index contributed by atoms with van der Waals surface area (Å²) in [5, 5.41) is 14.4. The molecule has 0 fully saturated rings. The van der Waals surface area contributed by atoms with Crippen LogP contribution in [0, 0.1) is 5.82 Å². The first-order valence-corrected chi connectivity index (χ1v) is 8.49. The number of carboxylic acids is 1. The van der Waals surface area contributed by atoms with Gasteiger partial charge in [0.25, 0.3) is 0 Å². The quantitative estimate of drug-likeness (QED) is 0.845. The van der Waals surface area contributed by atoms with Crippen molar-refractivity contribution < 1.29 is 23.8 Å². The molecule has 0 bridgehead atoms. The lowest BCUT2D eigenvalue weighted by Gasteiger charge is -2.22. The minimum Gasteiger partial charge on any atom is -0.497 e. The van der Waals surface area contributed by atoms with E-state index in [9.17, 15) is 14.0 Å². The number of hydrazone groups is 1. The van der Waals surface area contributed by atoms with Gasteiger partial charge in [0.15, 0.2) is 0 Å². The first kappa shape index (κ1) is 18.6. The summed E-state index contributed by atoms with van der Waals surface area (Å²) in [6, 6.07) is 12.8. The molecule has 0 radical (unpaired) electrons. The van der Waals surface area contributed by atoms with Gasteiger partial charge in [0.05, 0.1) is 25.3 Å². The van der Waals surface area contributed by atoms with Gasteiger partial charge in [0, 0.05) is 18.4 Å². The minimum absolute atomic E-state index is 0.195. The van der Waals surface area contributed by atoms with E-state index in [1.807, 2.05) is 12.1 Å². The maximum atomic E-state index is 14.3. The maximum absolute atomic E-state index is 14.3. The second-order valence-electron chi connectivity index (χ2n) is 6.15. The number of benzene rings is 2. The fourth-order valence-corrected chi connectivity index (χ4v) is 3.01. The maximum Gasteiger partial charge on any atom is 0.303 e. The van der Waals surface area contributed by atoms with Crippen molar-refractivity contribution in [1.29, 1.82) is 0 Å². The smallest absolute Gasteiger partial charge is 0.303 e. The van der Waals surface area contributed by atoms with E-state index in [-0.39, 0.29) is 12.8 Å². The summed E-state index contributed by atoms with van der Waals surface area (Å²) in [4.78, 5) is 23.3. The fraction of sp³-hybridized carbons (Fsp3) is 0.250. The summed E-state index contributed by atoms with van der Waals surface area (Å²) in [5.74, 6) is -1.25. The topological polar surface area (TPSA) is 79.2 Å². The number of methoxy groups -OCH3 is 1. The van der Waals surface area contributed by atoms with Crippen LogP contribution in [0.15, 0.2) is 53.6 Å². The molecule has 27 heavy (non-hydrogen) atoms. The van der Waals surface area contributed by atoms with Gasteiger partial charge < -0.3 is 9.84 Å². The van der Waals surface area contributed by atoms with Gasteiger partial charge in [-0.05, 0) is 35.9 Å². The summed E-state index contributed by atoms with van der Waals surface area (Å²) in [5.41, 5.74) is 1.79. The summed E-state index contributed by atoms with van der Waals surface area (Å²) in [7, 11) is 1.57. The molecule has 0 spiro atoms. The van der Waals surface area contributed by atoms with E-state index in [1.54, 1.807) is 37.4 Å². The lowest BCUT2D eigenvalue weighted by Crippen LogP contribution is -2.28. The van der Waals surface area contributed by atoms with Crippen molar-refractivity contribution in [2.24, 2.45) is 5.10 Å². The number of halogens is 1. The van der Waals surface area contributed by atoms with E-state index >= 15 is 0 Å². The van der Waals surface area contributed by atoms with Crippen LogP contribution in [-0.4, -0.2) is 34.8 Å². The molecule has 2 aromatic carbocycles. The molecule has 0 saturated heterocycles. The van der Waals surface area contributed by atoms with E-state index in [2.05, 4.69) is 5.10 Å². The van der Waals surface area contributed by atoms with E-state index in [4.69, 9.17) is 9.84 Å². The second kappa shape index (κ2) is 7.99. The summed E-state index contributed by atoms with van der Waals surface area (Å²) < 4.78 is 19.5. The third kappa shape index (κ3) is 4.13. The molecule has 1 amide bonds. The monoisotopic (exact) mass is 370 g/mol. The molecule has 6 nitrogen and oxygen atoms in total. The molecule has 1 aliphatic rings. The van der Waals surface area contributed by atoms with E-state index in [1.165, 1.54) is 11.1 Å². The van der Waals surface area contributed by atoms with Crippen molar-refractivity contribution in [3.63, 3.8) is 0 Å². The molecule has 1 aliphatic heterocycles. The SMILES string of the molecule is COc1ccc(C2=NN(C(=O)CCC(=O)O)[C@@H](c3ccccc3F)C2)cc1. The highest BCUT2D eigenvalue weighted by Crippen LogP contribution is 2.34. The number of aliphatic carboxylic acids is 1. The van der Waals surface area contributed by atoms with Crippen molar-refractivity contribution in [2.75, 3.05) is 7.11 Å². The molecule has 0 aromatic heterocycles. The second-order valence-corrected chi connectivity index (χ2v) is 6.15. The highest BCUT2D eigenvalue weighted by atomic mass is 19.1. The molecular weight excluding hydrogens is 351 g/mol. The Bertz CT molecular complexity index is 880. The van der Waals surface area contributed by atoms with E-state index in [0.29, 0.717) is 23.4 Å². The molecule has 0 aliphatic carbocycles. The summed E-state index contributed by atoms with van der Waals surface area (Å²) >= 11 is 0. The van der Waals surface area contributed by atoms with Crippen molar-refractivity contribution in [2.45, 2.75) is 25.3 Å². The van der Waals surface area contributed by atoms with Crippen molar-refractivity contribution in [3.05, 3.63) is 65.5 Å². The molecule has 0 unspecified atom stereocenters. The highest BCUT2D eigenvalue weighted by Gasteiger charge is 2.34. The molecule has 140 valence electrons. The van der Waals surface area contributed by atoms with Gasteiger partial charge in [0.1, 0.15) is 11.6 Å². The molecule has 2 aromatic rings. The predicted molar refractivity (Wildman–Crippen MR) is 97.0 cm³/mol. The Kier molecular flexibility index (Phi) is 5.49. The van der Waals surface area contributed by atoms with Crippen molar-refractivity contribution in [3.8, 4) is 5.75 Å². The number of carbonyl (C=O) groups is 2. The van der Waals surface area contributed by atoms with Gasteiger partial charge in [-0.15, -0.1) is 0 Å². The molecule has 1 atom stereocenters. The van der Waals surface area contributed by atoms with Crippen LogP contribution in [-0.2, 0) is 9.59 Å². The van der Waals surface area contributed by atoms with Crippen LogP contribution in [0.5, 0.6) is 5.75 Å². The Hall–Kier alpha value is -3.22. The Morgan fingerprint density at radius 3 is 2.52 bits per heavy atom. The Morgan fingerprint density at radius 1 is 1.19 bits per heavy atom. The van der Waals surface area contributed by atoms with Gasteiger partial charge in [0.2, 0.25) is 5.91 Å². The zero-order valence-electron chi connectivity index (χ0n) is 14.8. The zero-order valence-corrected chi connectivity index (χ0v) is 14.8. The number of ether oxygens (including phenoxy) is 1. The normalized spacial score (nSPS) is 16.1. The Morgan fingerprint density at radius 2 is 1.89 bits per heavy atom. The average Bonchev–Trinajstić information content (AvgIpc) is 3.11. The average molecular weight is 370 g/mol. The lowest BCUT2D eigenvalue weighted by atomic mass is 9.98. The van der Waals surface area contributed by atoms with Crippen LogP contribution < -0.4 is 4.74 Å². The molecule has 7 heteroatoms. The van der Waals surface area contributed by atoms with E-state index < -0.39 is 23.7 Å². The van der Waals surface area contributed by atoms with Gasteiger partial charge >= 0.3 is 5.97 Å².